The lowest BCUT2D eigenvalue weighted by Crippen LogP contribution is -2.03. The molecule has 4 nitrogen and oxygen atoms in total. The first-order chi connectivity index (χ1) is 11.5. The fourth-order valence-corrected chi connectivity index (χ4v) is 2.57. The van der Waals surface area contributed by atoms with Gasteiger partial charge in [0.25, 0.3) is 0 Å². The molecule has 0 amide bonds. The molecule has 122 valence electrons. The van der Waals surface area contributed by atoms with E-state index in [4.69, 9.17) is 0 Å². The fraction of sp³-hybridized carbons (Fsp3) is 0.200. The molecule has 2 N–H and O–H groups in total. The Kier molecular flexibility index (Phi) is 4.47. The standard InChI is InChI=1S/C20H22N4/c1-13-7-5-9-17(11-13)22-19-12-15(3)21-20(24-19)23-18-10-6-8-14(2)16(18)4/h5-12H,1-4H3,(H2,21,22,23,24). The van der Waals surface area contributed by atoms with E-state index in [1.165, 1.54) is 16.7 Å². The van der Waals surface area contributed by atoms with Gasteiger partial charge in [0.2, 0.25) is 5.95 Å². The summed E-state index contributed by atoms with van der Waals surface area (Å²) in [5.41, 5.74) is 6.61. The third-order valence-corrected chi connectivity index (χ3v) is 4.00. The Labute approximate surface area is 143 Å². The average molecular weight is 318 g/mol. The van der Waals surface area contributed by atoms with Crippen molar-refractivity contribution in [2.45, 2.75) is 27.7 Å². The predicted octanol–water partition coefficient (Wildman–Crippen LogP) is 5.20. The molecular weight excluding hydrogens is 296 g/mol. The van der Waals surface area contributed by atoms with Gasteiger partial charge in [0.1, 0.15) is 5.82 Å². The van der Waals surface area contributed by atoms with Crippen molar-refractivity contribution in [1.82, 2.24) is 9.97 Å². The Bertz CT molecular complexity index is 871. The number of anilines is 4. The Balaban J connectivity index is 1.87. The molecule has 1 heterocycles. The zero-order valence-electron chi connectivity index (χ0n) is 14.5. The first-order valence-electron chi connectivity index (χ1n) is 8.04. The highest BCUT2D eigenvalue weighted by Crippen LogP contribution is 2.23. The van der Waals surface area contributed by atoms with E-state index < -0.39 is 0 Å². The second-order valence-corrected chi connectivity index (χ2v) is 6.09. The monoisotopic (exact) mass is 318 g/mol. The molecule has 0 bridgehead atoms. The number of nitrogens with one attached hydrogen (secondary N) is 2. The van der Waals surface area contributed by atoms with Gasteiger partial charge in [-0.3, -0.25) is 0 Å². The van der Waals surface area contributed by atoms with Crippen LogP contribution in [0.4, 0.5) is 23.1 Å². The van der Waals surface area contributed by atoms with Gasteiger partial charge in [0, 0.05) is 23.1 Å². The largest absolute Gasteiger partial charge is 0.340 e. The van der Waals surface area contributed by atoms with E-state index in [0.717, 1.165) is 22.9 Å². The molecule has 3 aromatic rings. The quantitative estimate of drug-likeness (QED) is 0.694. The molecule has 0 atom stereocenters. The summed E-state index contributed by atoms with van der Waals surface area (Å²) in [6.45, 7) is 8.24. The van der Waals surface area contributed by atoms with Crippen LogP contribution in [0, 0.1) is 27.7 Å². The van der Waals surface area contributed by atoms with Crippen molar-refractivity contribution in [3.63, 3.8) is 0 Å². The zero-order valence-corrected chi connectivity index (χ0v) is 14.5. The molecular formula is C20H22N4. The van der Waals surface area contributed by atoms with Crippen molar-refractivity contribution in [3.8, 4) is 0 Å². The van der Waals surface area contributed by atoms with E-state index in [-0.39, 0.29) is 0 Å². The maximum atomic E-state index is 4.59. The number of hydrogen-bond donors (Lipinski definition) is 2. The van der Waals surface area contributed by atoms with E-state index in [1.807, 2.05) is 37.3 Å². The fourth-order valence-electron chi connectivity index (χ4n) is 2.57. The van der Waals surface area contributed by atoms with Gasteiger partial charge >= 0.3 is 0 Å². The molecule has 0 aliphatic heterocycles. The highest BCUT2D eigenvalue weighted by Gasteiger charge is 2.06. The first kappa shape index (κ1) is 16.0. The van der Waals surface area contributed by atoms with E-state index in [2.05, 4.69) is 59.6 Å². The number of benzene rings is 2. The number of rotatable bonds is 4. The Morgan fingerprint density at radius 2 is 1.58 bits per heavy atom. The number of hydrogen-bond acceptors (Lipinski definition) is 4. The Morgan fingerprint density at radius 3 is 2.38 bits per heavy atom. The van der Waals surface area contributed by atoms with Crippen molar-refractivity contribution in [3.05, 3.63) is 70.9 Å². The molecule has 0 fully saturated rings. The molecule has 1 aromatic heterocycles. The predicted molar refractivity (Wildman–Crippen MR) is 100 cm³/mol. The van der Waals surface area contributed by atoms with Crippen molar-refractivity contribution < 1.29 is 0 Å². The van der Waals surface area contributed by atoms with Gasteiger partial charge in [-0.1, -0.05) is 24.3 Å². The first-order valence-corrected chi connectivity index (χ1v) is 8.04. The summed E-state index contributed by atoms with van der Waals surface area (Å²) in [4.78, 5) is 9.09. The van der Waals surface area contributed by atoms with Crippen LogP contribution in [0.5, 0.6) is 0 Å². The smallest absolute Gasteiger partial charge is 0.229 e. The van der Waals surface area contributed by atoms with Crippen LogP contribution >= 0.6 is 0 Å². The maximum Gasteiger partial charge on any atom is 0.229 e. The van der Waals surface area contributed by atoms with E-state index in [9.17, 15) is 0 Å². The van der Waals surface area contributed by atoms with Gasteiger partial charge < -0.3 is 10.6 Å². The molecule has 0 radical (unpaired) electrons. The van der Waals surface area contributed by atoms with Gasteiger partial charge in [-0.15, -0.1) is 0 Å². The van der Waals surface area contributed by atoms with Crippen LogP contribution in [0.15, 0.2) is 48.5 Å². The van der Waals surface area contributed by atoms with Gasteiger partial charge in [0.15, 0.2) is 0 Å². The molecule has 0 saturated carbocycles. The Hall–Kier alpha value is -2.88. The average Bonchev–Trinajstić information content (AvgIpc) is 2.51. The maximum absolute atomic E-state index is 4.59. The highest BCUT2D eigenvalue weighted by atomic mass is 15.1. The summed E-state index contributed by atoms with van der Waals surface area (Å²) in [5.74, 6) is 1.37. The van der Waals surface area contributed by atoms with Gasteiger partial charge in [-0.2, -0.15) is 4.98 Å². The molecule has 0 aliphatic carbocycles. The van der Waals surface area contributed by atoms with Gasteiger partial charge in [-0.05, 0) is 62.6 Å². The number of aromatic nitrogens is 2. The Morgan fingerprint density at radius 1 is 0.792 bits per heavy atom. The van der Waals surface area contributed by atoms with Crippen LogP contribution in [0.25, 0.3) is 0 Å². The molecule has 0 spiro atoms. The van der Waals surface area contributed by atoms with Crippen molar-refractivity contribution >= 4 is 23.1 Å². The molecule has 0 aliphatic rings. The summed E-state index contributed by atoms with van der Waals surface area (Å²) in [7, 11) is 0. The lowest BCUT2D eigenvalue weighted by atomic mass is 10.1. The van der Waals surface area contributed by atoms with Crippen LogP contribution in [-0.2, 0) is 0 Å². The molecule has 0 unspecified atom stereocenters. The normalized spacial score (nSPS) is 10.5. The summed E-state index contributed by atoms with van der Waals surface area (Å²) in [6.07, 6.45) is 0. The molecule has 3 rings (SSSR count). The minimum Gasteiger partial charge on any atom is -0.340 e. The lowest BCUT2D eigenvalue weighted by Gasteiger charge is -2.12. The van der Waals surface area contributed by atoms with Crippen LogP contribution in [0.1, 0.15) is 22.4 Å². The highest BCUT2D eigenvalue weighted by molar-refractivity contribution is 5.63. The van der Waals surface area contributed by atoms with Gasteiger partial charge in [0.05, 0.1) is 0 Å². The van der Waals surface area contributed by atoms with Gasteiger partial charge in [-0.25, -0.2) is 4.98 Å². The van der Waals surface area contributed by atoms with Crippen molar-refractivity contribution in [2.75, 3.05) is 10.6 Å². The van der Waals surface area contributed by atoms with E-state index >= 15 is 0 Å². The van der Waals surface area contributed by atoms with Crippen LogP contribution in [0.3, 0.4) is 0 Å². The molecule has 24 heavy (non-hydrogen) atoms. The summed E-state index contributed by atoms with van der Waals surface area (Å²) in [5, 5.41) is 6.68. The van der Waals surface area contributed by atoms with Crippen molar-refractivity contribution in [2.24, 2.45) is 0 Å². The van der Waals surface area contributed by atoms with Crippen LogP contribution < -0.4 is 10.6 Å². The lowest BCUT2D eigenvalue weighted by molar-refractivity contribution is 1.10. The van der Waals surface area contributed by atoms with E-state index in [0.29, 0.717) is 5.95 Å². The van der Waals surface area contributed by atoms with Crippen LogP contribution in [-0.4, -0.2) is 9.97 Å². The second kappa shape index (κ2) is 6.71. The topological polar surface area (TPSA) is 49.8 Å². The second-order valence-electron chi connectivity index (χ2n) is 6.09. The SMILES string of the molecule is Cc1cccc(Nc2cc(C)nc(Nc3cccc(C)c3C)n2)c1. The third kappa shape index (κ3) is 3.71. The molecule has 2 aromatic carbocycles. The molecule has 0 saturated heterocycles. The summed E-state index contributed by atoms with van der Waals surface area (Å²) in [6, 6.07) is 16.3. The minimum absolute atomic E-state index is 0.596. The zero-order chi connectivity index (χ0) is 17.1. The molecule has 4 heteroatoms. The third-order valence-electron chi connectivity index (χ3n) is 4.00. The minimum atomic E-state index is 0.596. The number of nitrogens with zero attached hydrogens (tertiary/aromatic N) is 2. The van der Waals surface area contributed by atoms with Crippen LogP contribution in [0.2, 0.25) is 0 Å². The van der Waals surface area contributed by atoms with Crippen molar-refractivity contribution in [1.29, 1.82) is 0 Å². The summed E-state index contributed by atoms with van der Waals surface area (Å²) >= 11 is 0. The summed E-state index contributed by atoms with van der Waals surface area (Å²) < 4.78 is 0. The van der Waals surface area contributed by atoms with E-state index in [1.54, 1.807) is 0 Å². The number of aryl methyl sites for hydroxylation is 3.